The van der Waals surface area contributed by atoms with E-state index < -0.39 is 60.4 Å². The molecule has 0 aromatic carbocycles. The molecule has 0 aliphatic carbocycles. The number of hydrogen-bond donors (Lipinski definition) is 2. The molecule has 5 unspecified atom stereocenters. The molecule has 5 atom stereocenters. The monoisotopic (exact) mass is 545 g/mol. The van der Waals surface area contributed by atoms with Gasteiger partial charge in [-0.2, -0.15) is 0 Å². The summed E-state index contributed by atoms with van der Waals surface area (Å²) in [4.78, 5) is 57.5. The van der Waals surface area contributed by atoms with Crippen molar-refractivity contribution < 1.29 is 52.8 Å². The largest absolute Gasteiger partial charge is 0.481 e. The van der Waals surface area contributed by atoms with Gasteiger partial charge in [-0.25, -0.2) is 0 Å². The van der Waals surface area contributed by atoms with Crippen LogP contribution in [0.25, 0.3) is 0 Å². The van der Waals surface area contributed by atoms with E-state index >= 15 is 0 Å². The molecule has 0 aromatic rings. The van der Waals surface area contributed by atoms with Crippen LogP contribution in [0.4, 0.5) is 0 Å². The summed E-state index contributed by atoms with van der Waals surface area (Å²) in [6, 6.07) is -0.963. The first-order chi connectivity index (χ1) is 18.0. The highest BCUT2D eigenvalue weighted by Crippen LogP contribution is 2.28. The van der Waals surface area contributed by atoms with E-state index in [1.54, 1.807) is 0 Å². The number of hydrogen-bond acceptors (Lipinski definition) is 10. The third-order valence-corrected chi connectivity index (χ3v) is 5.89. The molecule has 0 saturated carbocycles. The van der Waals surface area contributed by atoms with Crippen LogP contribution in [0.5, 0.6) is 0 Å². The molecule has 1 amide bonds. The highest BCUT2D eigenvalue weighted by molar-refractivity contribution is 5.73. The Balaban J connectivity index is 2.67. The summed E-state index contributed by atoms with van der Waals surface area (Å²) in [5, 5.41) is 11.3. The van der Waals surface area contributed by atoms with Gasteiger partial charge in [-0.05, 0) is 12.8 Å². The lowest BCUT2D eigenvalue weighted by molar-refractivity contribution is -0.277. The Morgan fingerprint density at radius 3 is 1.76 bits per heavy atom. The van der Waals surface area contributed by atoms with Crippen molar-refractivity contribution >= 4 is 29.8 Å². The maximum Gasteiger partial charge on any atom is 0.303 e. The molecule has 1 heterocycles. The van der Waals surface area contributed by atoms with Gasteiger partial charge < -0.3 is 34.1 Å². The maximum absolute atomic E-state index is 11.9. The molecule has 1 aliphatic rings. The van der Waals surface area contributed by atoms with Crippen molar-refractivity contribution in [3.05, 3.63) is 0 Å². The smallest absolute Gasteiger partial charge is 0.303 e. The van der Waals surface area contributed by atoms with Crippen molar-refractivity contribution in [2.45, 2.75) is 123 Å². The molecule has 2 N–H and O–H groups in total. The molecular formula is C26H43NO11. The van der Waals surface area contributed by atoms with E-state index in [1.807, 2.05) is 0 Å². The van der Waals surface area contributed by atoms with Crippen molar-refractivity contribution in [2.75, 3.05) is 13.2 Å². The van der Waals surface area contributed by atoms with E-state index in [-0.39, 0.29) is 13.0 Å². The van der Waals surface area contributed by atoms with E-state index in [4.69, 9.17) is 28.8 Å². The Morgan fingerprint density at radius 2 is 1.26 bits per heavy atom. The number of rotatable bonds is 18. The van der Waals surface area contributed by atoms with Gasteiger partial charge >= 0.3 is 23.9 Å². The number of ether oxygens (including phenoxy) is 5. The normalized spacial score (nSPS) is 22.8. The molecule has 38 heavy (non-hydrogen) atoms. The summed E-state index contributed by atoms with van der Waals surface area (Å²) in [6.07, 6.45) is 4.50. The molecule has 1 rings (SSSR count). The van der Waals surface area contributed by atoms with E-state index in [2.05, 4.69) is 5.32 Å². The van der Waals surface area contributed by atoms with Crippen molar-refractivity contribution in [3.63, 3.8) is 0 Å². The van der Waals surface area contributed by atoms with Crippen LogP contribution in [0.1, 0.15) is 91.9 Å². The predicted molar refractivity (Wildman–Crippen MR) is 134 cm³/mol. The minimum Gasteiger partial charge on any atom is -0.481 e. The molecule has 12 heteroatoms. The van der Waals surface area contributed by atoms with E-state index in [0.717, 1.165) is 57.8 Å². The lowest BCUT2D eigenvalue weighted by Crippen LogP contribution is -2.66. The molecule has 0 bridgehead atoms. The average Bonchev–Trinajstić information content (AvgIpc) is 2.80. The number of esters is 3. The van der Waals surface area contributed by atoms with Crippen molar-refractivity contribution in [2.24, 2.45) is 0 Å². The molecule has 0 aromatic heterocycles. The lowest BCUT2D eigenvalue weighted by atomic mass is 9.96. The van der Waals surface area contributed by atoms with Crippen molar-refractivity contribution in [1.29, 1.82) is 0 Å². The van der Waals surface area contributed by atoms with E-state index in [9.17, 15) is 24.0 Å². The van der Waals surface area contributed by atoms with E-state index in [0.29, 0.717) is 6.61 Å². The van der Waals surface area contributed by atoms with Crippen LogP contribution in [-0.4, -0.2) is 78.7 Å². The van der Waals surface area contributed by atoms with Crippen LogP contribution in [0.15, 0.2) is 0 Å². The van der Waals surface area contributed by atoms with Gasteiger partial charge in [0.1, 0.15) is 18.8 Å². The zero-order chi connectivity index (χ0) is 28.5. The number of aliphatic carboxylic acids is 1. The quantitative estimate of drug-likeness (QED) is 0.148. The van der Waals surface area contributed by atoms with Gasteiger partial charge in [0.05, 0.1) is 0 Å². The molecule has 1 fully saturated rings. The summed E-state index contributed by atoms with van der Waals surface area (Å²) in [5.41, 5.74) is 0. The molecule has 0 spiro atoms. The summed E-state index contributed by atoms with van der Waals surface area (Å²) in [6.45, 7) is 4.93. The second-order valence-corrected chi connectivity index (χ2v) is 9.42. The second kappa shape index (κ2) is 18.5. The second-order valence-electron chi connectivity index (χ2n) is 9.42. The fourth-order valence-corrected chi connectivity index (χ4v) is 4.25. The van der Waals surface area contributed by atoms with E-state index in [1.165, 1.54) is 27.7 Å². The molecule has 12 nitrogen and oxygen atoms in total. The number of amides is 1. The third-order valence-electron chi connectivity index (χ3n) is 5.89. The van der Waals surface area contributed by atoms with Crippen LogP contribution in [0.3, 0.4) is 0 Å². The fraction of sp³-hybridized carbons (Fsp3) is 0.808. The summed E-state index contributed by atoms with van der Waals surface area (Å²) in [7, 11) is 0. The average molecular weight is 546 g/mol. The highest BCUT2D eigenvalue weighted by atomic mass is 16.7. The summed E-state index contributed by atoms with van der Waals surface area (Å²) >= 11 is 0. The summed E-state index contributed by atoms with van der Waals surface area (Å²) in [5.74, 6) is -3.06. The van der Waals surface area contributed by atoms with Gasteiger partial charge in [0.15, 0.2) is 18.5 Å². The first-order valence-electron chi connectivity index (χ1n) is 13.2. The van der Waals surface area contributed by atoms with Gasteiger partial charge in [0.25, 0.3) is 0 Å². The van der Waals surface area contributed by atoms with Crippen molar-refractivity contribution in [1.82, 2.24) is 5.32 Å². The Labute approximate surface area is 224 Å². The third kappa shape index (κ3) is 14.3. The zero-order valence-electron chi connectivity index (χ0n) is 22.9. The molecular weight excluding hydrogens is 502 g/mol. The number of nitrogens with one attached hydrogen (secondary N) is 1. The maximum atomic E-state index is 11.9. The fourth-order valence-electron chi connectivity index (χ4n) is 4.25. The SMILES string of the molecule is CC(=O)NC1C(OCCCCCCCCCCCC(=O)O)OC(COC(C)=O)C(OC(C)=O)C1OC(C)=O. The van der Waals surface area contributed by atoms with Crippen molar-refractivity contribution in [3.8, 4) is 0 Å². The summed E-state index contributed by atoms with van der Waals surface area (Å²) < 4.78 is 27.8. The predicted octanol–water partition coefficient (Wildman–Crippen LogP) is 2.64. The highest BCUT2D eigenvalue weighted by Gasteiger charge is 2.51. The van der Waals surface area contributed by atoms with Crippen LogP contribution in [0.2, 0.25) is 0 Å². The van der Waals surface area contributed by atoms with Gasteiger partial charge in [0, 0.05) is 40.7 Å². The Morgan fingerprint density at radius 1 is 0.737 bits per heavy atom. The minimum absolute atomic E-state index is 0.226. The molecule has 1 saturated heterocycles. The van der Waals surface area contributed by atoms with Gasteiger partial charge in [-0.3, -0.25) is 24.0 Å². The Kier molecular flexibility index (Phi) is 16.2. The van der Waals surface area contributed by atoms with Gasteiger partial charge in [-0.1, -0.05) is 44.9 Å². The first kappa shape index (κ1) is 33.3. The first-order valence-corrected chi connectivity index (χ1v) is 13.2. The van der Waals surface area contributed by atoms with Gasteiger partial charge in [0.2, 0.25) is 5.91 Å². The molecule has 0 radical (unpaired) electrons. The van der Waals surface area contributed by atoms with Crippen LogP contribution < -0.4 is 5.32 Å². The van der Waals surface area contributed by atoms with Crippen LogP contribution in [0, 0.1) is 0 Å². The molecule has 218 valence electrons. The number of carboxylic acid groups (broad SMARTS) is 1. The Hall–Kier alpha value is -2.73. The van der Waals surface area contributed by atoms with Crippen LogP contribution >= 0.6 is 0 Å². The zero-order valence-corrected chi connectivity index (χ0v) is 22.9. The number of carboxylic acids is 1. The van der Waals surface area contributed by atoms with Crippen LogP contribution in [-0.2, 0) is 47.7 Å². The number of carbonyl (C=O) groups is 5. The topological polar surface area (TPSA) is 164 Å². The minimum atomic E-state index is -1.14. The molecule has 1 aliphatic heterocycles. The van der Waals surface area contributed by atoms with Gasteiger partial charge in [-0.15, -0.1) is 0 Å². The lowest BCUT2D eigenvalue weighted by Gasteiger charge is -2.44. The number of unbranched alkanes of at least 4 members (excludes halogenated alkanes) is 8. The standard InChI is InChI=1S/C26H43NO11/c1-17(28)27-23-25(37-20(4)31)24(36-19(3)30)21(16-35-18(2)29)38-26(23)34-15-13-11-9-7-5-6-8-10-12-14-22(32)33/h21,23-26H,5-16H2,1-4H3,(H,27,28)(H,32,33). The Bertz CT molecular complexity index is 772. The number of carbonyl (C=O) groups excluding carboxylic acids is 4.